The lowest BCUT2D eigenvalue weighted by atomic mass is 9.88. The minimum Gasteiger partial charge on any atom is -0.387 e. The molecular formula is C22H32ClN5O. The number of rotatable bonds is 8. The standard InChI is InChI=1S/C22H32ClN5O/c1-22(2,14-3-4-14)28-18-11-9-16(10-12-18)26-13-19(21(25)29)20(24)27-17-7-5-15(23)6-8-17/h5-8,13-14,16,18,26,28H,3-4,9-12H2,1-2H3,(H2,24,27)(H2,25,29)/b19-13+. The van der Waals surface area contributed by atoms with Crippen LogP contribution >= 0.6 is 11.6 Å². The molecule has 0 radical (unpaired) electrons. The molecule has 2 aliphatic carbocycles. The number of primary amides is 1. The molecular weight excluding hydrogens is 386 g/mol. The van der Waals surface area contributed by atoms with Gasteiger partial charge in [-0.15, -0.1) is 0 Å². The zero-order chi connectivity index (χ0) is 21.0. The number of carbonyl (C=O) groups is 1. The first kappa shape index (κ1) is 21.7. The number of hydrogen-bond donors (Lipinski definition) is 5. The van der Waals surface area contributed by atoms with E-state index in [1.165, 1.54) is 12.8 Å². The van der Waals surface area contributed by atoms with E-state index in [9.17, 15) is 4.79 Å². The van der Waals surface area contributed by atoms with Crippen LogP contribution in [0.4, 0.5) is 5.69 Å². The van der Waals surface area contributed by atoms with Gasteiger partial charge in [-0.1, -0.05) is 11.6 Å². The van der Waals surface area contributed by atoms with Gasteiger partial charge in [-0.2, -0.15) is 0 Å². The molecule has 2 fully saturated rings. The number of amides is 1. The summed E-state index contributed by atoms with van der Waals surface area (Å²) in [5, 5.41) is 18.8. The van der Waals surface area contributed by atoms with Crippen LogP contribution in [0.2, 0.25) is 5.02 Å². The van der Waals surface area contributed by atoms with Gasteiger partial charge in [-0.05, 0) is 82.6 Å². The van der Waals surface area contributed by atoms with Crippen LogP contribution in [-0.4, -0.2) is 29.4 Å². The Kier molecular flexibility index (Phi) is 6.85. The van der Waals surface area contributed by atoms with Crippen molar-refractivity contribution in [3.05, 3.63) is 41.1 Å². The van der Waals surface area contributed by atoms with Crippen LogP contribution in [0.3, 0.4) is 0 Å². The van der Waals surface area contributed by atoms with E-state index in [1.54, 1.807) is 30.5 Å². The van der Waals surface area contributed by atoms with E-state index < -0.39 is 5.91 Å². The molecule has 0 heterocycles. The molecule has 1 aromatic carbocycles. The van der Waals surface area contributed by atoms with Crippen molar-refractivity contribution < 1.29 is 4.79 Å². The molecule has 3 rings (SSSR count). The minimum atomic E-state index is -0.634. The zero-order valence-corrected chi connectivity index (χ0v) is 18.0. The highest BCUT2D eigenvalue weighted by molar-refractivity contribution is 6.30. The highest BCUT2D eigenvalue weighted by Crippen LogP contribution is 2.40. The summed E-state index contributed by atoms with van der Waals surface area (Å²) in [7, 11) is 0. The van der Waals surface area contributed by atoms with Crippen molar-refractivity contribution in [1.29, 1.82) is 5.41 Å². The van der Waals surface area contributed by atoms with E-state index in [0.717, 1.165) is 31.6 Å². The normalized spacial score (nSPS) is 22.8. The molecule has 2 saturated carbocycles. The van der Waals surface area contributed by atoms with E-state index in [-0.39, 0.29) is 23.0 Å². The first-order valence-electron chi connectivity index (χ1n) is 10.4. The number of benzene rings is 1. The highest BCUT2D eigenvalue weighted by Gasteiger charge is 2.39. The Hall–Kier alpha value is -2.05. The summed E-state index contributed by atoms with van der Waals surface area (Å²) in [6.45, 7) is 4.63. The lowest BCUT2D eigenvalue weighted by molar-refractivity contribution is -0.114. The molecule has 0 atom stereocenters. The monoisotopic (exact) mass is 417 g/mol. The fourth-order valence-electron chi connectivity index (χ4n) is 4.07. The summed E-state index contributed by atoms with van der Waals surface area (Å²) in [5.74, 6) is 0.151. The Balaban J connectivity index is 1.50. The summed E-state index contributed by atoms with van der Waals surface area (Å²) in [4.78, 5) is 11.8. The molecule has 0 spiro atoms. The van der Waals surface area contributed by atoms with Crippen molar-refractivity contribution in [2.45, 2.75) is 70.0 Å². The quantitative estimate of drug-likeness (QED) is 0.252. The van der Waals surface area contributed by atoms with Gasteiger partial charge in [-0.3, -0.25) is 10.2 Å². The molecule has 6 N–H and O–H groups in total. The van der Waals surface area contributed by atoms with Crippen LogP contribution < -0.4 is 21.7 Å². The number of hydrogen-bond acceptors (Lipinski definition) is 4. The minimum absolute atomic E-state index is 0.0335. The maximum atomic E-state index is 11.8. The van der Waals surface area contributed by atoms with Gasteiger partial charge < -0.3 is 21.7 Å². The number of carbonyl (C=O) groups excluding carboxylic acids is 1. The van der Waals surface area contributed by atoms with Crippen molar-refractivity contribution >= 4 is 29.0 Å². The third-order valence-corrected chi connectivity index (χ3v) is 6.26. The fourth-order valence-corrected chi connectivity index (χ4v) is 4.19. The van der Waals surface area contributed by atoms with E-state index in [4.69, 9.17) is 22.7 Å². The van der Waals surface area contributed by atoms with Gasteiger partial charge >= 0.3 is 0 Å². The second kappa shape index (κ2) is 9.18. The summed E-state index contributed by atoms with van der Waals surface area (Å²) >= 11 is 5.88. The van der Waals surface area contributed by atoms with E-state index in [1.807, 2.05) is 0 Å². The Bertz CT molecular complexity index is 762. The van der Waals surface area contributed by atoms with E-state index in [2.05, 4.69) is 29.8 Å². The molecule has 0 aromatic heterocycles. The number of nitrogens with one attached hydrogen (secondary N) is 4. The maximum Gasteiger partial charge on any atom is 0.253 e. The van der Waals surface area contributed by atoms with E-state index in [0.29, 0.717) is 16.8 Å². The number of amidine groups is 1. The number of anilines is 1. The molecule has 0 bridgehead atoms. The highest BCUT2D eigenvalue weighted by atomic mass is 35.5. The average Bonchev–Trinajstić information content (AvgIpc) is 3.50. The van der Waals surface area contributed by atoms with Crippen LogP contribution in [0.25, 0.3) is 0 Å². The topological polar surface area (TPSA) is 103 Å². The lowest BCUT2D eigenvalue weighted by Crippen LogP contribution is -2.50. The lowest BCUT2D eigenvalue weighted by Gasteiger charge is -2.36. The largest absolute Gasteiger partial charge is 0.387 e. The van der Waals surface area contributed by atoms with Gasteiger partial charge in [0.25, 0.3) is 5.91 Å². The first-order chi connectivity index (χ1) is 13.7. The summed E-state index contributed by atoms with van der Waals surface area (Å²) in [6, 6.07) is 7.78. The molecule has 6 nitrogen and oxygen atoms in total. The van der Waals surface area contributed by atoms with Gasteiger partial charge in [0.2, 0.25) is 0 Å². The first-order valence-corrected chi connectivity index (χ1v) is 10.8. The van der Waals surface area contributed by atoms with Crippen molar-refractivity contribution in [3.63, 3.8) is 0 Å². The smallest absolute Gasteiger partial charge is 0.253 e. The zero-order valence-electron chi connectivity index (χ0n) is 17.2. The summed E-state index contributed by atoms with van der Waals surface area (Å²) < 4.78 is 0. The van der Waals surface area contributed by atoms with Crippen LogP contribution in [0, 0.1) is 11.3 Å². The van der Waals surface area contributed by atoms with Crippen molar-refractivity contribution in [1.82, 2.24) is 10.6 Å². The van der Waals surface area contributed by atoms with Crippen LogP contribution in [-0.2, 0) is 4.79 Å². The van der Waals surface area contributed by atoms with Gasteiger partial charge in [0.15, 0.2) is 0 Å². The van der Waals surface area contributed by atoms with Crippen LogP contribution in [0.5, 0.6) is 0 Å². The Morgan fingerprint density at radius 3 is 2.24 bits per heavy atom. The molecule has 158 valence electrons. The molecule has 29 heavy (non-hydrogen) atoms. The third-order valence-electron chi connectivity index (χ3n) is 6.01. The second-order valence-electron chi connectivity index (χ2n) is 8.78. The van der Waals surface area contributed by atoms with Crippen molar-refractivity contribution in [2.24, 2.45) is 11.7 Å². The molecule has 1 aromatic rings. The summed E-state index contributed by atoms with van der Waals surface area (Å²) in [6.07, 6.45) is 8.53. The Morgan fingerprint density at radius 1 is 1.10 bits per heavy atom. The molecule has 0 aliphatic heterocycles. The molecule has 1 amide bonds. The number of halogens is 1. The van der Waals surface area contributed by atoms with Crippen LogP contribution in [0.15, 0.2) is 36.0 Å². The Labute approximate surface area is 178 Å². The molecule has 0 saturated heterocycles. The van der Waals surface area contributed by atoms with Gasteiger partial charge in [0.1, 0.15) is 5.84 Å². The van der Waals surface area contributed by atoms with Crippen molar-refractivity contribution in [3.8, 4) is 0 Å². The second-order valence-corrected chi connectivity index (χ2v) is 9.22. The van der Waals surface area contributed by atoms with Gasteiger partial charge in [0.05, 0.1) is 5.57 Å². The average molecular weight is 418 g/mol. The third kappa shape index (κ3) is 6.21. The van der Waals surface area contributed by atoms with Crippen LogP contribution in [0.1, 0.15) is 52.4 Å². The predicted molar refractivity (Wildman–Crippen MR) is 119 cm³/mol. The van der Waals surface area contributed by atoms with Crippen molar-refractivity contribution in [2.75, 3.05) is 5.32 Å². The molecule has 7 heteroatoms. The molecule has 2 aliphatic rings. The van der Waals surface area contributed by atoms with Gasteiger partial charge in [-0.25, -0.2) is 0 Å². The SMILES string of the molecule is CC(C)(NC1CCC(N/C=C(\C(=N)Nc2ccc(Cl)cc2)C(N)=O)CC1)C1CC1. The molecule has 0 unspecified atom stereocenters. The summed E-state index contributed by atoms with van der Waals surface area (Å²) in [5.41, 5.74) is 6.54. The fraction of sp³-hybridized carbons (Fsp3) is 0.545. The maximum absolute atomic E-state index is 11.8. The number of nitrogens with two attached hydrogens (primary N) is 1. The van der Waals surface area contributed by atoms with E-state index >= 15 is 0 Å². The predicted octanol–water partition coefficient (Wildman–Crippen LogP) is 3.78. The van der Waals surface area contributed by atoms with Gasteiger partial charge in [0, 0.05) is 34.5 Å². The Morgan fingerprint density at radius 2 is 1.69 bits per heavy atom.